The zero-order valence-corrected chi connectivity index (χ0v) is 15.6. The number of primary amides is 1. The number of halogens is 1. The third-order valence-corrected chi connectivity index (χ3v) is 4.98. The Morgan fingerprint density at radius 3 is 2.62 bits per heavy atom. The van der Waals surface area contributed by atoms with Crippen LogP contribution in [0.3, 0.4) is 0 Å². The van der Waals surface area contributed by atoms with Crippen molar-refractivity contribution in [1.29, 1.82) is 5.26 Å². The van der Waals surface area contributed by atoms with Crippen molar-refractivity contribution in [2.45, 2.75) is 24.8 Å². The monoisotopic (exact) mass is 397 g/mol. The molecule has 3 N–H and O–H groups in total. The first-order chi connectivity index (χ1) is 13.9. The van der Waals surface area contributed by atoms with Crippen molar-refractivity contribution in [2.24, 2.45) is 5.73 Å². The average Bonchev–Trinajstić information content (AvgIpc) is 2.72. The molecule has 1 aliphatic rings. The minimum atomic E-state index is -1.20. The molecule has 3 rings (SSSR count). The predicted molar refractivity (Wildman–Crippen MR) is 103 cm³/mol. The Morgan fingerprint density at radius 1 is 1.24 bits per heavy atom. The van der Waals surface area contributed by atoms with Gasteiger partial charge in [0.05, 0.1) is 12.5 Å². The van der Waals surface area contributed by atoms with Gasteiger partial charge in [-0.25, -0.2) is 4.39 Å². The van der Waals surface area contributed by atoms with Crippen molar-refractivity contribution in [2.75, 3.05) is 18.1 Å². The zero-order valence-electron chi connectivity index (χ0n) is 15.6. The zero-order chi connectivity index (χ0) is 21.0. The quantitative estimate of drug-likeness (QED) is 0.803. The maximum atomic E-state index is 13.6. The molecule has 0 radical (unpaired) electrons. The second-order valence-electron chi connectivity index (χ2n) is 6.85. The Kier molecular flexibility index (Phi) is 5.80. The summed E-state index contributed by atoms with van der Waals surface area (Å²) in [5.74, 6) is -1.99. The standard InChI is InChI=1S/C21H20FN3O4/c22-16-4-5-18(26)15(10-16)12-19(27)25(21(13-23)6-8-29-9-7-21)17-3-1-2-14(11-17)20(24)28/h1-5,10-11,26H,6-9,12H2,(H2,24,28). The summed E-state index contributed by atoms with van der Waals surface area (Å²) >= 11 is 0. The molecule has 150 valence electrons. The normalized spacial score (nSPS) is 15.3. The smallest absolute Gasteiger partial charge is 0.248 e. The van der Waals surface area contributed by atoms with E-state index in [1.54, 1.807) is 12.1 Å². The molecule has 7 nitrogen and oxygen atoms in total. The van der Waals surface area contributed by atoms with Gasteiger partial charge in [-0.1, -0.05) is 6.07 Å². The molecule has 0 unspecified atom stereocenters. The SMILES string of the molecule is N#CC1(N(C(=O)Cc2cc(F)ccc2O)c2cccc(C(N)=O)c2)CCOCC1. The van der Waals surface area contributed by atoms with Gasteiger partial charge in [-0.2, -0.15) is 5.26 Å². The molecular formula is C21H20FN3O4. The van der Waals surface area contributed by atoms with E-state index in [4.69, 9.17) is 10.5 Å². The van der Waals surface area contributed by atoms with Gasteiger partial charge < -0.3 is 15.6 Å². The number of ether oxygens (including phenoxy) is 1. The fraction of sp³-hybridized carbons (Fsp3) is 0.286. The fourth-order valence-electron chi connectivity index (χ4n) is 3.46. The Bertz CT molecular complexity index is 980. The lowest BCUT2D eigenvalue weighted by Crippen LogP contribution is -2.55. The number of anilines is 1. The van der Waals surface area contributed by atoms with Gasteiger partial charge in [-0.15, -0.1) is 0 Å². The highest BCUT2D eigenvalue weighted by molar-refractivity contribution is 5.99. The topological polar surface area (TPSA) is 117 Å². The van der Waals surface area contributed by atoms with Crippen molar-refractivity contribution in [3.8, 4) is 11.8 Å². The molecule has 1 aliphatic heterocycles. The van der Waals surface area contributed by atoms with Crippen LogP contribution >= 0.6 is 0 Å². The fourth-order valence-corrected chi connectivity index (χ4v) is 3.46. The third-order valence-electron chi connectivity index (χ3n) is 4.98. The number of hydrogen-bond donors (Lipinski definition) is 2. The highest BCUT2D eigenvalue weighted by atomic mass is 19.1. The molecular weight excluding hydrogens is 377 g/mol. The Hall–Kier alpha value is -3.44. The largest absolute Gasteiger partial charge is 0.508 e. The lowest BCUT2D eigenvalue weighted by atomic mass is 9.88. The third kappa shape index (κ3) is 4.20. The number of phenols is 1. The maximum Gasteiger partial charge on any atom is 0.248 e. The van der Waals surface area contributed by atoms with Crippen LogP contribution in [-0.2, 0) is 16.0 Å². The summed E-state index contributed by atoms with van der Waals surface area (Å²) < 4.78 is 19.0. The lowest BCUT2D eigenvalue weighted by molar-refractivity contribution is -0.119. The van der Waals surface area contributed by atoms with Crippen molar-refractivity contribution in [3.63, 3.8) is 0 Å². The van der Waals surface area contributed by atoms with E-state index in [2.05, 4.69) is 6.07 Å². The number of phenolic OH excluding ortho intramolecular Hbond substituents is 1. The van der Waals surface area contributed by atoms with Crippen LogP contribution < -0.4 is 10.6 Å². The summed E-state index contributed by atoms with van der Waals surface area (Å²) in [6, 6.07) is 11.7. The van der Waals surface area contributed by atoms with Crippen molar-refractivity contribution < 1.29 is 23.8 Å². The number of nitrogens with zero attached hydrogens (tertiary/aromatic N) is 2. The van der Waals surface area contributed by atoms with Gasteiger partial charge in [0.2, 0.25) is 11.8 Å². The highest BCUT2D eigenvalue weighted by Gasteiger charge is 2.42. The Balaban J connectivity index is 2.06. The molecule has 0 atom stereocenters. The number of carbonyl (C=O) groups is 2. The Morgan fingerprint density at radius 2 is 1.97 bits per heavy atom. The van der Waals surface area contributed by atoms with Crippen LogP contribution in [0.4, 0.5) is 10.1 Å². The number of rotatable bonds is 5. The van der Waals surface area contributed by atoms with Crippen LogP contribution in [0.5, 0.6) is 5.75 Å². The van der Waals surface area contributed by atoms with Crippen LogP contribution in [0.2, 0.25) is 0 Å². The number of amides is 2. The number of benzene rings is 2. The molecule has 0 bridgehead atoms. The van der Waals surface area contributed by atoms with Crippen LogP contribution in [0.15, 0.2) is 42.5 Å². The van der Waals surface area contributed by atoms with Gasteiger partial charge in [0.25, 0.3) is 0 Å². The number of nitrogens with two attached hydrogens (primary N) is 1. The van der Waals surface area contributed by atoms with E-state index in [0.717, 1.165) is 12.1 Å². The van der Waals surface area contributed by atoms with Crippen LogP contribution in [0.1, 0.15) is 28.8 Å². The second kappa shape index (κ2) is 8.29. The van der Waals surface area contributed by atoms with Crippen LogP contribution in [0.25, 0.3) is 0 Å². The molecule has 1 fully saturated rings. The van der Waals surface area contributed by atoms with Gasteiger partial charge in [0.1, 0.15) is 17.1 Å². The van der Waals surface area contributed by atoms with E-state index in [0.29, 0.717) is 5.69 Å². The van der Waals surface area contributed by atoms with Gasteiger partial charge >= 0.3 is 0 Å². The molecule has 1 saturated heterocycles. The minimum Gasteiger partial charge on any atom is -0.508 e. The molecule has 8 heteroatoms. The van der Waals surface area contributed by atoms with E-state index in [-0.39, 0.29) is 49.4 Å². The van der Waals surface area contributed by atoms with Crippen molar-refractivity contribution in [3.05, 3.63) is 59.4 Å². The van der Waals surface area contributed by atoms with E-state index in [9.17, 15) is 24.3 Å². The van der Waals surface area contributed by atoms with E-state index < -0.39 is 23.2 Å². The van der Waals surface area contributed by atoms with E-state index in [1.165, 1.54) is 23.1 Å². The summed E-state index contributed by atoms with van der Waals surface area (Å²) in [5, 5.41) is 20.0. The first kappa shape index (κ1) is 20.3. The van der Waals surface area contributed by atoms with E-state index in [1.807, 2.05) is 0 Å². The van der Waals surface area contributed by atoms with Gasteiger partial charge in [-0.05, 0) is 36.4 Å². The lowest BCUT2D eigenvalue weighted by Gasteiger charge is -2.41. The molecule has 29 heavy (non-hydrogen) atoms. The molecule has 1 heterocycles. The van der Waals surface area contributed by atoms with Gasteiger partial charge in [0.15, 0.2) is 0 Å². The van der Waals surface area contributed by atoms with Crippen LogP contribution in [0, 0.1) is 17.1 Å². The molecule has 0 aliphatic carbocycles. The summed E-state index contributed by atoms with van der Waals surface area (Å²) in [6.45, 7) is 0.579. The highest BCUT2D eigenvalue weighted by Crippen LogP contribution is 2.34. The first-order valence-corrected chi connectivity index (χ1v) is 9.05. The summed E-state index contributed by atoms with van der Waals surface area (Å²) in [5.41, 5.74) is 4.78. The van der Waals surface area contributed by atoms with Crippen molar-refractivity contribution in [1.82, 2.24) is 0 Å². The maximum absolute atomic E-state index is 13.6. The summed E-state index contributed by atoms with van der Waals surface area (Å²) in [7, 11) is 0. The summed E-state index contributed by atoms with van der Waals surface area (Å²) in [6.07, 6.45) is 0.213. The summed E-state index contributed by atoms with van der Waals surface area (Å²) in [4.78, 5) is 26.2. The molecule has 2 aromatic rings. The molecule has 2 aromatic carbocycles. The molecule has 0 aromatic heterocycles. The molecule has 0 saturated carbocycles. The minimum absolute atomic E-state index is 0.103. The first-order valence-electron chi connectivity index (χ1n) is 9.05. The predicted octanol–water partition coefficient (Wildman–Crippen LogP) is 2.28. The Labute approximate surface area is 167 Å². The van der Waals surface area contributed by atoms with Crippen molar-refractivity contribution >= 4 is 17.5 Å². The van der Waals surface area contributed by atoms with Gasteiger partial charge in [-0.3, -0.25) is 14.5 Å². The average molecular weight is 397 g/mol. The van der Waals surface area contributed by atoms with Crippen LogP contribution in [-0.4, -0.2) is 35.7 Å². The number of hydrogen-bond acceptors (Lipinski definition) is 5. The number of aromatic hydroxyl groups is 1. The molecule has 2 amide bonds. The van der Waals surface area contributed by atoms with E-state index >= 15 is 0 Å². The second-order valence-corrected chi connectivity index (χ2v) is 6.85. The number of carbonyl (C=O) groups excluding carboxylic acids is 2. The number of nitriles is 1. The molecule has 0 spiro atoms. The van der Waals surface area contributed by atoms with Gasteiger partial charge in [0, 0.05) is 42.9 Å².